The van der Waals surface area contributed by atoms with E-state index in [1.54, 1.807) is 0 Å². The van der Waals surface area contributed by atoms with Crippen molar-refractivity contribution in [2.24, 2.45) is 21.9 Å². The highest BCUT2D eigenvalue weighted by Crippen LogP contribution is 2.35. The van der Waals surface area contributed by atoms with Crippen LogP contribution in [0.2, 0.25) is 0 Å². The molecule has 3 aliphatic rings. The van der Waals surface area contributed by atoms with Crippen molar-refractivity contribution in [3.05, 3.63) is 35.1 Å². The Bertz CT molecular complexity index is 554. The van der Waals surface area contributed by atoms with Crippen LogP contribution in [0.15, 0.2) is 45.3 Å². The molecule has 0 aromatic heterocycles. The molecule has 0 heterocycles. The maximum Gasteiger partial charge on any atom is 0.0713 e. The summed E-state index contributed by atoms with van der Waals surface area (Å²) in [6.45, 7) is 0. The Balaban J connectivity index is 1.70. The maximum atomic E-state index is 8.93. The predicted octanol–water partition coefficient (Wildman–Crippen LogP) is 3.78. The van der Waals surface area contributed by atoms with Crippen molar-refractivity contribution in [1.82, 2.24) is 0 Å². The summed E-state index contributed by atoms with van der Waals surface area (Å²) in [6.07, 6.45) is 13.1. The molecular formula is C17H22N4. The minimum absolute atomic E-state index is 0.148. The van der Waals surface area contributed by atoms with E-state index in [0.717, 1.165) is 50.6 Å². The first-order chi connectivity index (χ1) is 10.3. The highest BCUT2D eigenvalue weighted by atomic mass is 15.1. The molecule has 1 fully saturated rings. The molecule has 0 aromatic rings. The Morgan fingerprint density at radius 1 is 1.19 bits per heavy atom. The van der Waals surface area contributed by atoms with Crippen molar-refractivity contribution in [3.8, 4) is 6.07 Å². The average Bonchev–Trinajstić information content (AvgIpc) is 2.55. The van der Waals surface area contributed by atoms with Gasteiger partial charge >= 0.3 is 0 Å². The van der Waals surface area contributed by atoms with E-state index in [0.29, 0.717) is 6.04 Å². The molecule has 0 spiro atoms. The molecule has 0 aromatic carbocycles. The van der Waals surface area contributed by atoms with Crippen molar-refractivity contribution in [3.63, 3.8) is 0 Å². The number of hydrogen-bond acceptors (Lipinski definition) is 4. The molecule has 0 radical (unpaired) electrons. The predicted molar refractivity (Wildman–Crippen MR) is 82.3 cm³/mol. The van der Waals surface area contributed by atoms with Gasteiger partial charge in [0.1, 0.15) is 0 Å². The van der Waals surface area contributed by atoms with Crippen molar-refractivity contribution < 1.29 is 0 Å². The normalized spacial score (nSPS) is 32.8. The fourth-order valence-electron chi connectivity index (χ4n) is 3.39. The third-order valence-corrected chi connectivity index (χ3v) is 4.74. The number of fused-ring (bicyclic) bond motifs is 1. The Kier molecular flexibility index (Phi) is 4.31. The van der Waals surface area contributed by atoms with Gasteiger partial charge in [-0.3, -0.25) is 0 Å². The third-order valence-electron chi connectivity index (χ3n) is 4.74. The van der Waals surface area contributed by atoms with E-state index in [1.165, 1.54) is 11.1 Å². The highest BCUT2D eigenvalue weighted by Gasteiger charge is 2.25. The lowest BCUT2D eigenvalue weighted by molar-refractivity contribution is 0.374. The zero-order valence-electron chi connectivity index (χ0n) is 12.3. The van der Waals surface area contributed by atoms with Crippen LogP contribution in [0.1, 0.15) is 44.9 Å². The second-order valence-electron chi connectivity index (χ2n) is 6.17. The summed E-state index contributed by atoms with van der Waals surface area (Å²) in [4.78, 5) is 0. The van der Waals surface area contributed by atoms with Gasteiger partial charge < -0.3 is 5.73 Å². The molecule has 4 heteroatoms. The van der Waals surface area contributed by atoms with Crippen molar-refractivity contribution in [2.75, 3.05) is 0 Å². The lowest BCUT2D eigenvalue weighted by atomic mass is 9.83. The summed E-state index contributed by atoms with van der Waals surface area (Å²) >= 11 is 0. The Labute approximate surface area is 126 Å². The van der Waals surface area contributed by atoms with E-state index in [2.05, 4.69) is 34.5 Å². The molecular weight excluding hydrogens is 260 g/mol. The van der Waals surface area contributed by atoms with Gasteiger partial charge in [0, 0.05) is 12.0 Å². The number of hydrogen-bond donors (Lipinski definition) is 1. The number of allylic oxidation sites excluding steroid dienone is 4. The lowest BCUT2D eigenvalue weighted by Crippen LogP contribution is -2.28. The van der Waals surface area contributed by atoms with Gasteiger partial charge in [-0.15, -0.1) is 0 Å². The van der Waals surface area contributed by atoms with Gasteiger partial charge in [-0.25, -0.2) is 0 Å². The topological polar surface area (TPSA) is 74.5 Å². The second-order valence-corrected chi connectivity index (χ2v) is 6.17. The van der Waals surface area contributed by atoms with Gasteiger partial charge in [0.05, 0.1) is 17.8 Å². The Morgan fingerprint density at radius 3 is 2.76 bits per heavy atom. The molecule has 1 saturated carbocycles. The van der Waals surface area contributed by atoms with Gasteiger partial charge in [-0.05, 0) is 56.1 Å². The Morgan fingerprint density at radius 2 is 2.00 bits per heavy atom. The van der Waals surface area contributed by atoms with Crippen LogP contribution < -0.4 is 5.73 Å². The largest absolute Gasteiger partial charge is 0.324 e. The van der Waals surface area contributed by atoms with Crippen LogP contribution in [-0.2, 0) is 0 Å². The molecule has 110 valence electrons. The number of nitrogens with zero attached hydrogens (tertiary/aromatic N) is 3. The van der Waals surface area contributed by atoms with Gasteiger partial charge in [0.15, 0.2) is 0 Å². The Hall–Kier alpha value is -1.73. The SMILES string of the molecule is N#CC1CCC(N=NC2=C3CC=CC=C3C(N)CC2)CC1. The summed E-state index contributed by atoms with van der Waals surface area (Å²) in [6, 6.07) is 2.81. The molecule has 4 nitrogen and oxygen atoms in total. The van der Waals surface area contributed by atoms with Crippen LogP contribution in [0.25, 0.3) is 0 Å². The van der Waals surface area contributed by atoms with Crippen LogP contribution in [0.3, 0.4) is 0 Å². The van der Waals surface area contributed by atoms with Crippen LogP contribution >= 0.6 is 0 Å². The van der Waals surface area contributed by atoms with Gasteiger partial charge in [-0.1, -0.05) is 18.2 Å². The average molecular weight is 282 g/mol. The summed E-state index contributed by atoms with van der Waals surface area (Å²) < 4.78 is 0. The van der Waals surface area contributed by atoms with Gasteiger partial charge in [0.2, 0.25) is 0 Å². The monoisotopic (exact) mass is 282 g/mol. The summed E-state index contributed by atoms with van der Waals surface area (Å²) in [5.41, 5.74) is 9.83. The number of nitriles is 1. The van der Waals surface area contributed by atoms with E-state index in [9.17, 15) is 0 Å². The van der Waals surface area contributed by atoms with Crippen molar-refractivity contribution in [2.45, 2.75) is 57.0 Å². The van der Waals surface area contributed by atoms with E-state index >= 15 is 0 Å². The summed E-state index contributed by atoms with van der Waals surface area (Å²) in [5.74, 6) is 0.226. The van der Waals surface area contributed by atoms with Crippen LogP contribution in [0, 0.1) is 17.2 Å². The first-order valence-corrected chi connectivity index (χ1v) is 7.93. The zero-order valence-corrected chi connectivity index (χ0v) is 12.3. The zero-order chi connectivity index (χ0) is 14.7. The first kappa shape index (κ1) is 14.2. The third kappa shape index (κ3) is 3.14. The fraction of sp³-hybridized carbons (Fsp3) is 0.588. The molecule has 1 unspecified atom stereocenters. The minimum atomic E-state index is 0.148. The smallest absolute Gasteiger partial charge is 0.0713 e. The van der Waals surface area contributed by atoms with E-state index in [4.69, 9.17) is 11.0 Å². The highest BCUT2D eigenvalue weighted by molar-refractivity contribution is 5.46. The number of nitrogens with two attached hydrogens (primary N) is 1. The summed E-state index contributed by atoms with van der Waals surface area (Å²) in [7, 11) is 0. The molecule has 3 aliphatic carbocycles. The van der Waals surface area contributed by atoms with E-state index < -0.39 is 0 Å². The lowest BCUT2D eigenvalue weighted by Gasteiger charge is -2.27. The molecule has 21 heavy (non-hydrogen) atoms. The molecule has 3 rings (SSSR count). The number of azo groups is 1. The van der Waals surface area contributed by atoms with Gasteiger partial charge in [0.25, 0.3) is 0 Å². The molecule has 2 N–H and O–H groups in total. The van der Waals surface area contributed by atoms with Gasteiger partial charge in [-0.2, -0.15) is 15.5 Å². The first-order valence-electron chi connectivity index (χ1n) is 7.93. The number of rotatable bonds is 2. The van der Waals surface area contributed by atoms with Crippen LogP contribution in [-0.4, -0.2) is 12.1 Å². The van der Waals surface area contributed by atoms with E-state index in [-0.39, 0.29) is 12.0 Å². The molecule has 0 bridgehead atoms. The van der Waals surface area contributed by atoms with E-state index in [1.807, 2.05) is 0 Å². The molecule has 0 aliphatic heterocycles. The van der Waals surface area contributed by atoms with Crippen molar-refractivity contribution >= 4 is 0 Å². The summed E-state index contributed by atoms with van der Waals surface area (Å²) in [5, 5.41) is 18.1. The van der Waals surface area contributed by atoms with Crippen LogP contribution in [0.4, 0.5) is 0 Å². The van der Waals surface area contributed by atoms with Crippen molar-refractivity contribution in [1.29, 1.82) is 5.26 Å². The standard InChI is InChI=1S/C17H22N4/c18-11-12-5-7-13(8-6-12)20-21-17-10-9-16(19)14-3-1-2-4-15(14)17/h1-3,12-13,16H,4-10,19H2. The minimum Gasteiger partial charge on any atom is -0.324 e. The fourth-order valence-corrected chi connectivity index (χ4v) is 3.39. The molecule has 0 amide bonds. The second kappa shape index (κ2) is 6.36. The van der Waals surface area contributed by atoms with Crippen LogP contribution in [0.5, 0.6) is 0 Å². The molecule has 0 saturated heterocycles. The molecule has 1 atom stereocenters. The quantitative estimate of drug-likeness (QED) is 0.782. The maximum absolute atomic E-state index is 8.93.